The lowest BCUT2D eigenvalue weighted by Crippen LogP contribution is -2.51. The van der Waals surface area contributed by atoms with Crippen molar-refractivity contribution in [1.82, 2.24) is 0 Å². The van der Waals surface area contributed by atoms with Crippen LogP contribution in [0, 0.1) is 34.5 Å². The predicted octanol–water partition coefficient (Wildman–Crippen LogP) is 6.28. The second kappa shape index (κ2) is 8.82. The molecular weight excluding hydrogens is 388 g/mol. The molecule has 0 aromatic carbocycles. The standard InChI is InChI=1S/C27H44O4/c1-7-29-19(4)31-21-12-14-26(5)20(16-21)8-9-22-24-11-10-23(17(2)30-18(3)28)27(24,6)15-13-25(22)26/h8,17,19,21-25H,7,9-16H2,1-6H3/t17-,19?,21-,22-,23+,24-,25-,26+,27+/m0/s1. The fraction of sp³-hybridized carbons (Fsp3) is 0.889. The third-order valence-corrected chi connectivity index (χ3v) is 9.84. The van der Waals surface area contributed by atoms with Gasteiger partial charge >= 0.3 is 5.97 Å². The molecule has 4 aliphatic carbocycles. The van der Waals surface area contributed by atoms with E-state index in [0.29, 0.717) is 29.5 Å². The van der Waals surface area contributed by atoms with Crippen LogP contribution in [0.1, 0.15) is 92.9 Å². The van der Waals surface area contributed by atoms with Gasteiger partial charge in [0.2, 0.25) is 0 Å². The van der Waals surface area contributed by atoms with E-state index in [0.717, 1.165) is 30.6 Å². The fourth-order valence-electron chi connectivity index (χ4n) is 8.44. The van der Waals surface area contributed by atoms with Crippen LogP contribution in [-0.2, 0) is 19.0 Å². The first-order valence-electron chi connectivity index (χ1n) is 12.8. The van der Waals surface area contributed by atoms with Crippen molar-refractivity contribution in [1.29, 1.82) is 0 Å². The van der Waals surface area contributed by atoms with Crippen LogP contribution in [-0.4, -0.2) is 31.1 Å². The first-order valence-corrected chi connectivity index (χ1v) is 12.8. The van der Waals surface area contributed by atoms with Crippen molar-refractivity contribution in [2.24, 2.45) is 34.5 Å². The van der Waals surface area contributed by atoms with E-state index in [9.17, 15) is 4.79 Å². The Morgan fingerprint density at radius 3 is 2.61 bits per heavy atom. The average molecular weight is 433 g/mol. The Labute approximate surface area is 189 Å². The van der Waals surface area contributed by atoms with Crippen molar-refractivity contribution >= 4 is 5.97 Å². The number of carbonyl (C=O) groups is 1. The van der Waals surface area contributed by atoms with Gasteiger partial charge in [0.1, 0.15) is 6.10 Å². The number of hydrogen-bond acceptors (Lipinski definition) is 4. The van der Waals surface area contributed by atoms with Crippen LogP contribution >= 0.6 is 0 Å². The molecule has 31 heavy (non-hydrogen) atoms. The molecule has 3 saturated carbocycles. The molecule has 9 atom stereocenters. The van der Waals surface area contributed by atoms with Gasteiger partial charge in [-0.15, -0.1) is 0 Å². The fourth-order valence-corrected chi connectivity index (χ4v) is 8.44. The van der Waals surface area contributed by atoms with Gasteiger partial charge in [0, 0.05) is 19.4 Å². The van der Waals surface area contributed by atoms with Crippen LogP contribution in [0.2, 0.25) is 0 Å². The van der Waals surface area contributed by atoms with Crippen molar-refractivity contribution in [3.63, 3.8) is 0 Å². The average Bonchev–Trinajstić information content (AvgIpc) is 3.05. The Morgan fingerprint density at radius 1 is 1.13 bits per heavy atom. The Bertz CT molecular complexity index is 701. The van der Waals surface area contributed by atoms with Crippen molar-refractivity contribution in [3.05, 3.63) is 11.6 Å². The molecule has 0 aliphatic heterocycles. The molecule has 0 bridgehead atoms. The number of allylic oxidation sites excluding steroid dienone is 1. The summed E-state index contributed by atoms with van der Waals surface area (Å²) in [7, 11) is 0. The summed E-state index contributed by atoms with van der Waals surface area (Å²) >= 11 is 0. The van der Waals surface area contributed by atoms with E-state index < -0.39 is 0 Å². The molecule has 4 rings (SSSR count). The van der Waals surface area contributed by atoms with Gasteiger partial charge in [-0.05, 0) is 101 Å². The Hall–Kier alpha value is -0.870. The number of carbonyl (C=O) groups excluding carboxylic acids is 1. The molecule has 0 aromatic heterocycles. The SMILES string of the molecule is CCOC(C)O[C@H]1CC[C@]2(C)C(=CC[C@H]3[C@@H]4CC[C@H]([C@H](C)OC(C)=O)[C@@]4(C)CC[C@@H]32)C1. The van der Waals surface area contributed by atoms with E-state index in [4.69, 9.17) is 14.2 Å². The van der Waals surface area contributed by atoms with E-state index in [-0.39, 0.29) is 18.4 Å². The summed E-state index contributed by atoms with van der Waals surface area (Å²) in [6.07, 6.45) is 12.6. The number of ether oxygens (including phenoxy) is 3. The lowest BCUT2D eigenvalue weighted by atomic mass is 9.47. The number of hydrogen-bond donors (Lipinski definition) is 0. The molecule has 0 spiro atoms. The molecule has 4 aliphatic rings. The lowest BCUT2D eigenvalue weighted by Gasteiger charge is -2.58. The highest BCUT2D eigenvalue weighted by Gasteiger charge is 2.59. The van der Waals surface area contributed by atoms with Gasteiger partial charge in [-0.2, -0.15) is 0 Å². The van der Waals surface area contributed by atoms with Crippen molar-refractivity contribution < 1.29 is 19.0 Å². The highest BCUT2D eigenvalue weighted by atomic mass is 16.7. The summed E-state index contributed by atoms with van der Waals surface area (Å²) in [4.78, 5) is 11.6. The molecule has 176 valence electrons. The van der Waals surface area contributed by atoms with Gasteiger partial charge in [-0.3, -0.25) is 4.79 Å². The minimum absolute atomic E-state index is 0.0363. The van der Waals surface area contributed by atoms with Crippen LogP contribution in [0.15, 0.2) is 11.6 Å². The largest absolute Gasteiger partial charge is 0.463 e. The smallest absolute Gasteiger partial charge is 0.302 e. The number of esters is 1. The first kappa shape index (κ1) is 23.3. The summed E-state index contributed by atoms with van der Waals surface area (Å²) in [5.41, 5.74) is 2.30. The van der Waals surface area contributed by atoms with E-state index in [2.05, 4.69) is 26.8 Å². The number of rotatable bonds is 6. The molecule has 4 heteroatoms. The number of fused-ring (bicyclic) bond motifs is 5. The van der Waals surface area contributed by atoms with Gasteiger partial charge in [0.05, 0.1) is 6.10 Å². The molecule has 0 aromatic rings. The highest BCUT2D eigenvalue weighted by molar-refractivity contribution is 5.66. The van der Waals surface area contributed by atoms with Crippen LogP contribution in [0.5, 0.6) is 0 Å². The van der Waals surface area contributed by atoms with Crippen molar-refractivity contribution in [3.8, 4) is 0 Å². The third-order valence-electron chi connectivity index (χ3n) is 9.84. The van der Waals surface area contributed by atoms with Crippen LogP contribution in [0.4, 0.5) is 0 Å². The molecule has 4 nitrogen and oxygen atoms in total. The molecule has 0 N–H and O–H groups in total. The van der Waals surface area contributed by atoms with Gasteiger partial charge in [-0.1, -0.05) is 25.5 Å². The molecule has 0 radical (unpaired) electrons. The zero-order valence-electron chi connectivity index (χ0n) is 20.6. The topological polar surface area (TPSA) is 44.8 Å². The minimum Gasteiger partial charge on any atom is -0.463 e. The van der Waals surface area contributed by atoms with Gasteiger partial charge in [-0.25, -0.2) is 0 Å². The molecule has 0 saturated heterocycles. The first-order chi connectivity index (χ1) is 14.7. The summed E-state index contributed by atoms with van der Waals surface area (Å²) in [6.45, 7) is 13.5. The quantitative estimate of drug-likeness (QED) is 0.281. The summed E-state index contributed by atoms with van der Waals surface area (Å²) in [5, 5.41) is 0. The van der Waals surface area contributed by atoms with Gasteiger partial charge < -0.3 is 14.2 Å². The minimum atomic E-state index is -0.136. The Balaban J connectivity index is 1.49. The highest BCUT2D eigenvalue weighted by Crippen LogP contribution is 2.66. The van der Waals surface area contributed by atoms with E-state index in [1.54, 1.807) is 12.5 Å². The molecular formula is C27H44O4. The molecule has 0 amide bonds. The molecule has 1 unspecified atom stereocenters. The monoisotopic (exact) mass is 432 g/mol. The molecule has 0 heterocycles. The normalized spacial score (nSPS) is 43.8. The van der Waals surface area contributed by atoms with Crippen LogP contribution < -0.4 is 0 Å². The second-order valence-electron chi connectivity index (χ2n) is 11.3. The van der Waals surface area contributed by atoms with Crippen LogP contribution in [0.25, 0.3) is 0 Å². The van der Waals surface area contributed by atoms with Gasteiger partial charge in [0.15, 0.2) is 6.29 Å². The zero-order chi connectivity index (χ0) is 22.4. The van der Waals surface area contributed by atoms with Crippen LogP contribution in [0.3, 0.4) is 0 Å². The van der Waals surface area contributed by atoms with Crippen molar-refractivity contribution in [2.45, 2.75) is 111 Å². The lowest BCUT2D eigenvalue weighted by molar-refractivity contribution is -0.167. The summed E-state index contributed by atoms with van der Waals surface area (Å²) < 4.78 is 17.5. The van der Waals surface area contributed by atoms with E-state index >= 15 is 0 Å². The Morgan fingerprint density at radius 2 is 1.90 bits per heavy atom. The van der Waals surface area contributed by atoms with E-state index in [1.807, 2.05) is 13.8 Å². The Kier molecular flexibility index (Phi) is 6.63. The maximum atomic E-state index is 11.6. The zero-order valence-corrected chi connectivity index (χ0v) is 20.6. The van der Waals surface area contributed by atoms with Gasteiger partial charge in [0.25, 0.3) is 0 Å². The summed E-state index contributed by atoms with van der Waals surface area (Å²) in [6, 6.07) is 0. The maximum absolute atomic E-state index is 11.6. The second-order valence-corrected chi connectivity index (χ2v) is 11.3. The third kappa shape index (κ3) is 4.12. The maximum Gasteiger partial charge on any atom is 0.302 e. The van der Waals surface area contributed by atoms with E-state index in [1.165, 1.54) is 38.5 Å². The molecule has 3 fully saturated rings. The predicted molar refractivity (Wildman–Crippen MR) is 122 cm³/mol. The van der Waals surface area contributed by atoms with Crippen molar-refractivity contribution in [2.75, 3.05) is 6.61 Å². The summed E-state index contributed by atoms with van der Waals surface area (Å²) in [5.74, 6) is 2.70.